The van der Waals surface area contributed by atoms with Crippen molar-refractivity contribution in [3.8, 4) is 0 Å². The number of aromatic nitrogens is 1. The minimum Gasteiger partial charge on any atom is -0.466 e. The van der Waals surface area contributed by atoms with Gasteiger partial charge in [0.25, 0.3) is 0 Å². The van der Waals surface area contributed by atoms with Crippen molar-refractivity contribution in [2.24, 2.45) is 0 Å². The molecular weight excluding hydrogens is 296 g/mol. The van der Waals surface area contributed by atoms with Crippen molar-refractivity contribution in [3.63, 3.8) is 0 Å². The third kappa shape index (κ3) is 4.28. The van der Waals surface area contributed by atoms with Crippen LogP contribution in [0, 0.1) is 0 Å². The molecule has 1 N–H and O–H groups in total. The first-order valence-electron chi connectivity index (χ1n) is 4.61. The number of anilines is 1. The van der Waals surface area contributed by atoms with E-state index in [0.29, 0.717) is 17.4 Å². The molecule has 0 aliphatic rings. The highest BCUT2D eigenvalue weighted by molar-refractivity contribution is 9.09. The third-order valence-electron chi connectivity index (χ3n) is 1.55. The number of thiazole rings is 1. The van der Waals surface area contributed by atoms with Crippen molar-refractivity contribution in [2.45, 2.75) is 13.3 Å². The number of alkyl halides is 1. The van der Waals surface area contributed by atoms with Gasteiger partial charge < -0.3 is 10.1 Å². The monoisotopic (exact) mass is 306 g/mol. The fourth-order valence-electron chi connectivity index (χ4n) is 0.958. The zero-order valence-electron chi connectivity index (χ0n) is 8.66. The fraction of sp³-hybridized carbons (Fsp3) is 0.444. The van der Waals surface area contributed by atoms with Crippen LogP contribution in [0.15, 0.2) is 5.38 Å². The van der Waals surface area contributed by atoms with Gasteiger partial charge in [-0.15, -0.1) is 11.3 Å². The van der Waals surface area contributed by atoms with E-state index in [2.05, 4.69) is 26.2 Å². The Morgan fingerprint density at radius 2 is 2.38 bits per heavy atom. The second-order valence-electron chi connectivity index (χ2n) is 2.81. The first-order valence-corrected chi connectivity index (χ1v) is 6.61. The second-order valence-corrected chi connectivity index (χ2v) is 4.23. The topological polar surface area (TPSA) is 68.3 Å². The molecule has 5 nitrogen and oxygen atoms in total. The highest BCUT2D eigenvalue weighted by Gasteiger charge is 2.09. The van der Waals surface area contributed by atoms with Crippen LogP contribution in [0.1, 0.15) is 12.6 Å². The van der Waals surface area contributed by atoms with E-state index >= 15 is 0 Å². The van der Waals surface area contributed by atoms with E-state index in [-0.39, 0.29) is 23.6 Å². The minimum absolute atomic E-state index is 0.133. The lowest BCUT2D eigenvalue weighted by atomic mass is 10.3. The molecule has 88 valence electrons. The van der Waals surface area contributed by atoms with Crippen LogP contribution in [0.2, 0.25) is 0 Å². The average Bonchev–Trinajstić information content (AvgIpc) is 2.65. The summed E-state index contributed by atoms with van der Waals surface area (Å²) in [4.78, 5) is 26.3. The summed E-state index contributed by atoms with van der Waals surface area (Å²) in [5, 5.41) is 5.02. The number of hydrogen-bond donors (Lipinski definition) is 1. The molecule has 0 bridgehead atoms. The predicted molar refractivity (Wildman–Crippen MR) is 64.9 cm³/mol. The molecule has 0 saturated heterocycles. The van der Waals surface area contributed by atoms with Crippen LogP contribution in [0.25, 0.3) is 0 Å². The number of ether oxygens (including phenoxy) is 1. The highest BCUT2D eigenvalue weighted by atomic mass is 79.9. The van der Waals surface area contributed by atoms with Gasteiger partial charge in [-0.05, 0) is 6.92 Å². The Morgan fingerprint density at radius 1 is 1.62 bits per heavy atom. The summed E-state index contributed by atoms with van der Waals surface area (Å²) in [6, 6.07) is 0. The Morgan fingerprint density at radius 3 is 3.00 bits per heavy atom. The molecule has 1 heterocycles. The van der Waals surface area contributed by atoms with Gasteiger partial charge in [0.15, 0.2) is 5.13 Å². The molecule has 0 aliphatic heterocycles. The van der Waals surface area contributed by atoms with Crippen LogP contribution in [0.5, 0.6) is 0 Å². The minimum atomic E-state index is -0.314. The van der Waals surface area contributed by atoms with E-state index in [1.807, 2.05) is 0 Å². The van der Waals surface area contributed by atoms with Crippen molar-refractivity contribution in [2.75, 3.05) is 17.3 Å². The summed E-state index contributed by atoms with van der Waals surface area (Å²) in [7, 11) is 0. The number of nitrogens with zero attached hydrogens (tertiary/aromatic N) is 1. The number of esters is 1. The number of amides is 1. The Kier molecular flexibility index (Phi) is 5.41. The van der Waals surface area contributed by atoms with Crippen molar-refractivity contribution >= 4 is 44.3 Å². The van der Waals surface area contributed by atoms with E-state index in [1.54, 1.807) is 12.3 Å². The maximum absolute atomic E-state index is 11.1. The van der Waals surface area contributed by atoms with E-state index in [4.69, 9.17) is 4.74 Å². The molecule has 0 aromatic carbocycles. The Labute approximate surface area is 105 Å². The van der Waals surface area contributed by atoms with Crippen LogP contribution >= 0.6 is 27.3 Å². The summed E-state index contributed by atoms with van der Waals surface area (Å²) in [6.45, 7) is 2.11. The standard InChI is InChI=1S/C9H11BrN2O3S/c1-2-15-8(14)3-6-5-16-9(11-6)12-7(13)4-10/h5H,2-4H2,1H3,(H,11,12,13). The molecule has 0 unspecified atom stereocenters. The van der Waals surface area contributed by atoms with E-state index in [0.717, 1.165) is 0 Å². The van der Waals surface area contributed by atoms with Gasteiger partial charge in [0.05, 0.1) is 24.1 Å². The summed E-state index contributed by atoms with van der Waals surface area (Å²) in [5.74, 6) is -0.483. The highest BCUT2D eigenvalue weighted by Crippen LogP contribution is 2.16. The zero-order valence-corrected chi connectivity index (χ0v) is 11.1. The number of carbonyl (C=O) groups is 2. The van der Waals surface area contributed by atoms with Gasteiger partial charge in [-0.3, -0.25) is 9.59 Å². The quantitative estimate of drug-likeness (QED) is 0.662. The lowest BCUT2D eigenvalue weighted by molar-refractivity contribution is -0.142. The van der Waals surface area contributed by atoms with Crippen LogP contribution < -0.4 is 5.32 Å². The lowest BCUT2D eigenvalue weighted by Crippen LogP contribution is -2.12. The third-order valence-corrected chi connectivity index (χ3v) is 2.87. The maximum Gasteiger partial charge on any atom is 0.311 e. The van der Waals surface area contributed by atoms with Crippen LogP contribution in [-0.4, -0.2) is 28.8 Å². The van der Waals surface area contributed by atoms with Gasteiger partial charge in [0.2, 0.25) is 5.91 Å². The smallest absolute Gasteiger partial charge is 0.311 e. The predicted octanol–water partition coefficient (Wildman–Crippen LogP) is 1.58. The molecule has 1 amide bonds. The summed E-state index contributed by atoms with van der Waals surface area (Å²) < 4.78 is 4.79. The van der Waals surface area contributed by atoms with Crippen molar-refractivity contribution < 1.29 is 14.3 Å². The van der Waals surface area contributed by atoms with E-state index in [1.165, 1.54) is 11.3 Å². The molecule has 0 spiro atoms. The zero-order chi connectivity index (χ0) is 12.0. The van der Waals surface area contributed by atoms with Crippen molar-refractivity contribution in [3.05, 3.63) is 11.1 Å². The normalized spacial score (nSPS) is 9.88. The van der Waals surface area contributed by atoms with Crippen molar-refractivity contribution in [1.82, 2.24) is 4.98 Å². The summed E-state index contributed by atoms with van der Waals surface area (Å²) >= 11 is 4.31. The van der Waals surface area contributed by atoms with E-state index < -0.39 is 0 Å². The molecule has 0 saturated carbocycles. The lowest BCUT2D eigenvalue weighted by Gasteiger charge is -1.98. The summed E-state index contributed by atoms with van der Waals surface area (Å²) in [5.41, 5.74) is 0.605. The van der Waals surface area contributed by atoms with Gasteiger partial charge in [-0.2, -0.15) is 0 Å². The SMILES string of the molecule is CCOC(=O)Cc1csc(NC(=O)CBr)n1. The van der Waals surface area contributed by atoms with Gasteiger partial charge >= 0.3 is 5.97 Å². The van der Waals surface area contributed by atoms with Crippen molar-refractivity contribution in [1.29, 1.82) is 0 Å². The second kappa shape index (κ2) is 6.59. The van der Waals surface area contributed by atoms with Gasteiger partial charge in [-0.1, -0.05) is 15.9 Å². The molecule has 0 atom stereocenters. The first-order chi connectivity index (χ1) is 7.65. The number of halogens is 1. The molecule has 0 fully saturated rings. The largest absolute Gasteiger partial charge is 0.466 e. The van der Waals surface area contributed by atoms with Crippen LogP contribution in [0.3, 0.4) is 0 Å². The molecule has 1 aromatic heterocycles. The molecule has 16 heavy (non-hydrogen) atoms. The van der Waals surface area contributed by atoms with Crippen LogP contribution in [-0.2, 0) is 20.7 Å². The summed E-state index contributed by atoms with van der Waals surface area (Å²) in [6.07, 6.45) is 0.133. The average molecular weight is 307 g/mol. The molecule has 0 aliphatic carbocycles. The van der Waals surface area contributed by atoms with E-state index in [9.17, 15) is 9.59 Å². The number of hydrogen-bond acceptors (Lipinski definition) is 5. The molecular formula is C9H11BrN2O3S. The number of nitrogens with one attached hydrogen (secondary N) is 1. The fourth-order valence-corrected chi connectivity index (χ4v) is 1.82. The molecule has 1 aromatic rings. The molecule has 1 rings (SSSR count). The number of rotatable bonds is 5. The molecule has 0 radical (unpaired) electrons. The molecule has 7 heteroatoms. The first kappa shape index (κ1) is 13.1. The van der Waals surface area contributed by atoms with Crippen LogP contribution in [0.4, 0.5) is 5.13 Å². The Hall–Kier alpha value is -0.950. The Balaban J connectivity index is 2.51. The number of carbonyl (C=O) groups excluding carboxylic acids is 2. The maximum atomic E-state index is 11.1. The van der Waals surface area contributed by atoms with Gasteiger partial charge in [-0.25, -0.2) is 4.98 Å². The van der Waals surface area contributed by atoms with Gasteiger partial charge in [0, 0.05) is 5.38 Å². The Bertz CT molecular complexity index is 381. The van der Waals surface area contributed by atoms with Gasteiger partial charge in [0.1, 0.15) is 0 Å².